The van der Waals surface area contributed by atoms with Crippen molar-refractivity contribution in [2.75, 3.05) is 19.6 Å². The smallest absolute Gasteiger partial charge is 0.0362 e. The van der Waals surface area contributed by atoms with E-state index >= 15 is 0 Å². The average molecular weight is 293 g/mol. The topological polar surface area (TPSA) is 15.3 Å². The third-order valence-electron chi connectivity index (χ3n) is 6.31. The molecule has 0 aromatic heterocycles. The van der Waals surface area contributed by atoms with E-state index in [0.717, 1.165) is 12.0 Å². The van der Waals surface area contributed by atoms with Crippen LogP contribution in [0.25, 0.3) is 0 Å². The molecule has 0 bridgehead atoms. The van der Waals surface area contributed by atoms with Crippen molar-refractivity contribution in [1.82, 2.24) is 10.2 Å². The van der Waals surface area contributed by atoms with Gasteiger partial charge in [0.2, 0.25) is 0 Å². The maximum absolute atomic E-state index is 3.99. The van der Waals surface area contributed by atoms with Gasteiger partial charge in [-0.1, -0.05) is 39.0 Å². The van der Waals surface area contributed by atoms with Gasteiger partial charge in [0.05, 0.1) is 0 Å². The molecule has 0 spiro atoms. The first-order valence-electron chi connectivity index (χ1n) is 9.83. The van der Waals surface area contributed by atoms with Crippen molar-refractivity contribution in [2.24, 2.45) is 5.92 Å². The van der Waals surface area contributed by atoms with Gasteiger partial charge < -0.3 is 5.32 Å². The monoisotopic (exact) mass is 292 g/mol. The van der Waals surface area contributed by atoms with Crippen molar-refractivity contribution in [3.05, 3.63) is 0 Å². The molecule has 0 aromatic rings. The predicted octanol–water partition coefficient (Wildman–Crippen LogP) is 4.34. The average Bonchev–Trinajstić information content (AvgIpc) is 3.23. The molecule has 0 radical (unpaired) electrons. The standard InChI is InChI=1S/C19H36N2/c1-2-14-20-18(11-10-17-8-9-17)19(12-4-5-13-19)21-15-6-3-7-16-21/h17-18,20H,2-16H2,1H3. The van der Waals surface area contributed by atoms with Crippen LogP contribution in [0, 0.1) is 5.92 Å². The fraction of sp³-hybridized carbons (Fsp3) is 1.00. The van der Waals surface area contributed by atoms with Crippen molar-refractivity contribution in [3.8, 4) is 0 Å². The number of nitrogens with one attached hydrogen (secondary N) is 1. The summed E-state index contributed by atoms with van der Waals surface area (Å²) in [6, 6.07) is 0.763. The number of piperidine rings is 1. The second-order valence-corrected chi connectivity index (χ2v) is 7.89. The Hall–Kier alpha value is -0.0800. The summed E-state index contributed by atoms with van der Waals surface area (Å²) >= 11 is 0. The molecule has 122 valence electrons. The number of hydrogen-bond acceptors (Lipinski definition) is 2. The molecule has 0 aromatic carbocycles. The summed E-state index contributed by atoms with van der Waals surface area (Å²) in [4.78, 5) is 2.92. The second kappa shape index (κ2) is 7.46. The van der Waals surface area contributed by atoms with Crippen molar-refractivity contribution in [3.63, 3.8) is 0 Å². The number of rotatable bonds is 8. The lowest BCUT2D eigenvalue weighted by Gasteiger charge is -2.49. The van der Waals surface area contributed by atoms with Gasteiger partial charge in [-0.05, 0) is 70.5 Å². The number of hydrogen-bond donors (Lipinski definition) is 1. The molecule has 1 unspecified atom stereocenters. The Bertz CT molecular complexity index is 299. The highest BCUT2D eigenvalue weighted by atomic mass is 15.2. The highest BCUT2D eigenvalue weighted by Gasteiger charge is 2.45. The normalized spacial score (nSPS) is 27.9. The zero-order valence-corrected chi connectivity index (χ0v) is 14.2. The molecule has 2 aliphatic carbocycles. The molecule has 1 saturated heterocycles. The van der Waals surface area contributed by atoms with Gasteiger partial charge in [0.1, 0.15) is 0 Å². The molecule has 21 heavy (non-hydrogen) atoms. The van der Waals surface area contributed by atoms with Crippen LogP contribution >= 0.6 is 0 Å². The Morgan fingerprint density at radius 1 is 1.05 bits per heavy atom. The predicted molar refractivity (Wildman–Crippen MR) is 90.7 cm³/mol. The van der Waals surface area contributed by atoms with E-state index in [-0.39, 0.29) is 0 Å². The SMILES string of the molecule is CCCNC(CCC1CC1)C1(N2CCCCC2)CCCC1. The van der Waals surface area contributed by atoms with E-state index in [2.05, 4.69) is 17.1 Å². The third-order valence-corrected chi connectivity index (χ3v) is 6.31. The van der Waals surface area contributed by atoms with Crippen LogP contribution < -0.4 is 5.32 Å². The van der Waals surface area contributed by atoms with Gasteiger partial charge in [0.25, 0.3) is 0 Å². The van der Waals surface area contributed by atoms with Crippen molar-refractivity contribution in [1.29, 1.82) is 0 Å². The minimum Gasteiger partial charge on any atom is -0.312 e. The van der Waals surface area contributed by atoms with Crippen LogP contribution in [0.15, 0.2) is 0 Å². The van der Waals surface area contributed by atoms with E-state index in [1.807, 2.05) is 0 Å². The molecule has 3 rings (SSSR count). The molecular weight excluding hydrogens is 256 g/mol. The highest BCUT2D eigenvalue weighted by Crippen LogP contribution is 2.43. The molecule has 2 heteroatoms. The Labute approximate surface area is 132 Å². The first-order chi connectivity index (χ1) is 10.3. The number of likely N-dealkylation sites (tertiary alicyclic amines) is 1. The van der Waals surface area contributed by atoms with Crippen LogP contribution in [-0.2, 0) is 0 Å². The Balaban J connectivity index is 1.69. The lowest BCUT2D eigenvalue weighted by Crippen LogP contribution is -2.61. The van der Waals surface area contributed by atoms with Gasteiger partial charge >= 0.3 is 0 Å². The molecule has 1 atom stereocenters. The first kappa shape index (κ1) is 15.8. The van der Waals surface area contributed by atoms with Gasteiger partial charge in [-0.25, -0.2) is 0 Å². The lowest BCUT2D eigenvalue weighted by atomic mass is 9.81. The van der Waals surface area contributed by atoms with Crippen LogP contribution in [0.4, 0.5) is 0 Å². The fourth-order valence-corrected chi connectivity index (χ4v) is 4.90. The molecule has 1 aliphatic heterocycles. The van der Waals surface area contributed by atoms with E-state index in [1.165, 1.54) is 96.7 Å². The highest BCUT2D eigenvalue weighted by molar-refractivity contribution is 5.04. The van der Waals surface area contributed by atoms with Crippen LogP contribution in [0.1, 0.15) is 84.0 Å². The lowest BCUT2D eigenvalue weighted by molar-refractivity contribution is 0.0329. The fourth-order valence-electron chi connectivity index (χ4n) is 4.90. The van der Waals surface area contributed by atoms with Gasteiger partial charge in [-0.15, -0.1) is 0 Å². The minimum absolute atomic E-state index is 0.518. The van der Waals surface area contributed by atoms with E-state index in [1.54, 1.807) is 0 Å². The number of nitrogens with zero attached hydrogens (tertiary/aromatic N) is 1. The summed E-state index contributed by atoms with van der Waals surface area (Å²) < 4.78 is 0. The van der Waals surface area contributed by atoms with Gasteiger partial charge in [0, 0.05) is 11.6 Å². The summed E-state index contributed by atoms with van der Waals surface area (Å²) in [6.45, 7) is 6.26. The van der Waals surface area contributed by atoms with Gasteiger partial charge in [-0.3, -0.25) is 4.90 Å². The summed E-state index contributed by atoms with van der Waals surface area (Å²) in [7, 11) is 0. The summed E-state index contributed by atoms with van der Waals surface area (Å²) in [5.41, 5.74) is 0.518. The zero-order valence-electron chi connectivity index (χ0n) is 14.2. The third kappa shape index (κ3) is 3.82. The molecule has 3 aliphatic rings. The summed E-state index contributed by atoms with van der Waals surface area (Å²) in [5.74, 6) is 1.08. The maximum Gasteiger partial charge on any atom is 0.0362 e. The summed E-state index contributed by atoms with van der Waals surface area (Å²) in [5, 5.41) is 3.99. The second-order valence-electron chi connectivity index (χ2n) is 7.89. The van der Waals surface area contributed by atoms with Crippen LogP contribution in [0.3, 0.4) is 0 Å². The Morgan fingerprint density at radius 2 is 1.76 bits per heavy atom. The zero-order chi connectivity index (χ0) is 14.5. The molecular formula is C19H36N2. The molecule has 0 amide bonds. The minimum atomic E-state index is 0.518. The van der Waals surface area contributed by atoms with Crippen molar-refractivity contribution >= 4 is 0 Å². The Morgan fingerprint density at radius 3 is 2.38 bits per heavy atom. The molecule has 1 heterocycles. The molecule has 3 fully saturated rings. The largest absolute Gasteiger partial charge is 0.312 e. The van der Waals surface area contributed by atoms with E-state index in [4.69, 9.17) is 0 Å². The molecule has 1 N–H and O–H groups in total. The van der Waals surface area contributed by atoms with Crippen LogP contribution in [-0.4, -0.2) is 36.1 Å². The maximum atomic E-state index is 3.99. The summed E-state index contributed by atoms with van der Waals surface area (Å²) in [6.07, 6.45) is 17.4. The van der Waals surface area contributed by atoms with E-state index in [0.29, 0.717) is 5.54 Å². The molecule has 2 nitrogen and oxygen atoms in total. The molecule has 2 saturated carbocycles. The first-order valence-corrected chi connectivity index (χ1v) is 9.83. The van der Waals surface area contributed by atoms with Gasteiger partial charge in [-0.2, -0.15) is 0 Å². The Kier molecular flexibility index (Phi) is 5.61. The quantitative estimate of drug-likeness (QED) is 0.716. The van der Waals surface area contributed by atoms with Crippen molar-refractivity contribution in [2.45, 2.75) is 95.6 Å². The van der Waals surface area contributed by atoms with E-state index in [9.17, 15) is 0 Å². The van der Waals surface area contributed by atoms with Gasteiger partial charge in [0.15, 0.2) is 0 Å². The van der Waals surface area contributed by atoms with Crippen molar-refractivity contribution < 1.29 is 0 Å². The van der Waals surface area contributed by atoms with Crippen LogP contribution in [0.5, 0.6) is 0 Å². The van der Waals surface area contributed by atoms with Crippen LogP contribution in [0.2, 0.25) is 0 Å². The van der Waals surface area contributed by atoms with E-state index < -0.39 is 0 Å².